The van der Waals surface area contributed by atoms with Gasteiger partial charge in [0.15, 0.2) is 5.65 Å². The van der Waals surface area contributed by atoms with E-state index in [9.17, 15) is 0 Å². The first-order valence-electron chi connectivity index (χ1n) is 5.17. The summed E-state index contributed by atoms with van der Waals surface area (Å²) in [7, 11) is 0. The van der Waals surface area contributed by atoms with E-state index in [2.05, 4.69) is 31.0 Å². The number of rotatable bonds is 2. The molecular weight excluding hydrogens is 282 g/mol. The molecule has 5 nitrogen and oxygen atoms in total. The van der Waals surface area contributed by atoms with Gasteiger partial charge in [-0.25, -0.2) is 9.50 Å². The van der Waals surface area contributed by atoms with Gasteiger partial charge in [0.25, 0.3) is 0 Å². The number of halogens is 1. The zero-order chi connectivity index (χ0) is 11.8. The van der Waals surface area contributed by atoms with Crippen molar-refractivity contribution in [1.82, 2.24) is 19.6 Å². The van der Waals surface area contributed by atoms with Gasteiger partial charge in [0.05, 0.1) is 11.4 Å². The number of nitrogens with one attached hydrogen (secondary N) is 1. The topological polar surface area (TPSA) is 72.0 Å². The monoisotopic (exact) mass is 291 g/mol. The van der Waals surface area contributed by atoms with Crippen molar-refractivity contribution in [3.8, 4) is 11.3 Å². The molecule has 0 amide bonds. The van der Waals surface area contributed by atoms with Crippen LogP contribution in [-0.4, -0.2) is 19.6 Å². The first kappa shape index (κ1) is 10.5. The minimum Gasteiger partial charge on any atom is -0.367 e. The van der Waals surface area contributed by atoms with Crippen molar-refractivity contribution in [2.75, 3.05) is 0 Å². The Morgan fingerprint density at radius 1 is 1.35 bits per heavy atom. The van der Waals surface area contributed by atoms with Crippen LogP contribution in [0.3, 0.4) is 0 Å². The van der Waals surface area contributed by atoms with Crippen molar-refractivity contribution in [2.45, 2.75) is 6.54 Å². The molecule has 0 radical (unpaired) electrons. The maximum atomic E-state index is 5.61. The van der Waals surface area contributed by atoms with Gasteiger partial charge in [-0.15, -0.1) is 0 Å². The van der Waals surface area contributed by atoms with Crippen LogP contribution in [0.5, 0.6) is 0 Å². The lowest BCUT2D eigenvalue weighted by Gasteiger charge is -1.99. The zero-order valence-electron chi connectivity index (χ0n) is 8.89. The highest BCUT2D eigenvalue weighted by Gasteiger charge is 2.10. The van der Waals surface area contributed by atoms with E-state index in [1.165, 1.54) is 0 Å². The van der Waals surface area contributed by atoms with Crippen LogP contribution in [0.2, 0.25) is 0 Å². The quantitative estimate of drug-likeness (QED) is 0.758. The number of imidazole rings is 1. The fourth-order valence-electron chi connectivity index (χ4n) is 1.72. The van der Waals surface area contributed by atoms with E-state index in [0.29, 0.717) is 6.54 Å². The van der Waals surface area contributed by atoms with E-state index < -0.39 is 0 Å². The van der Waals surface area contributed by atoms with E-state index in [0.717, 1.165) is 27.2 Å². The minimum absolute atomic E-state index is 0.392. The first-order chi connectivity index (χ1) is 8.29. The predicted octanol–water partition coefficient (Wildman–Crippen LogP) is 1.95. The second-order valence-corrected chi connectivity index (χ2v) is 4.39. The molecule has 17 heavy (non-hydrogen) atoms. The van der Waals surface area contributed by atoms with Gasteiger partial charge in [-0.1, -0.05) is 0 Å². The van der Waals surface area contributed by atoms with Crippen LogP contribution in [0.25, 0.3) is 16.9 Å². The highest BCUT2D eigenvalue weighted by atomic mass is 79.9. The SMILES string of the molecule is NCc1nc2ccc(-c3cc[nH]c3)nn2c1Br. The summed E-state index contributed by atoms with van der Waals surface area (Å²) < 4.78 is 2.57. The summed E-state index contributed by atoms with van der Waals surface area (Å²) in [5, 5.41) is 4.52. The molecule has 0 bridgehead atoms. The Morgan fingerprint density at radius 2 is 2.24 bits per heavy atom. The molecule has 6 heteroatoms. The highest BCUT2D eigenvalue weighted by Crippen LogP contribution is 2.21. The molecule has 0 aromatic carbocycles. The summed E-state index contributed by atoms with van der Waals surface area (Å²) in [6.07, 6.45) is 3.78. The number of aromatic amines is 1. The van der Waals surface area contributed by atoms with Crippen LogP contribution in [0, 0.1) is 0 Å². The predicted molar refractivity (Wildman–Crippen MR) is 68.4 cm³/mol. The molecule has 0 unspecified atom stereocenters. The van der Waals surface area contributed by atoms with Crippen LogP contribution in [0.15, 0.2) is 35.2 Å². The van der Waals surface area contributed by atoms with Crippen molar-refractivity contribution in [3.63, 3.8) is 0 Å². The highest BCUT2D eigenvalue weighted by molar-refractivity contribution is 9.10. The number of nitrogens with zero attached hydrogens (tertiary/aromatic N) is 3. The summed E-state index contributed by atoms with van der Waals surface area (Å²) in [5.74, 6) is 0. The van der Waals surface area contributed by atoms with E-state index >= 15 is 0 Å². The van der Waals surface area contributed by atoms with Crippen LogP contribution in [-0.2, 0) is 6.54 Å². The Balaban J connectivity index is 2.22. The third kappa shape index (κ3) is 1.65. The second-order valence-electron chi connectivity index (χ2n) is 3.64. The summed E-state index contributed by atoms with van der Waals surface area (Å²) >= 11 is 3.46. The largest absolute Gasteiger partial charge is 0.367 e. The van der Waals surface area contributed by atoms with Crippen LogP contribution in [0.1, 0.15) is 5.69 Å². The summed E-state index contributed by atoms with van der Waals surface area (Å²) in [6, 6.07) is 5.85. The van der Waals surface area contributed by atoms with Crippen LogP contribution in [0.4, 0.5) is 0 Å². The van der Waals surface area contributed by atoms with Crippen molar-refractivity contribution in [2.24, 2.45) is 5.73 Å². The van der Waals surface area contributed by atoms with E-state index in [1.807, 2.05) is 30.6 Å². The number of hydrogen-bond acceptors (Lipinski definition) is 3. The van der Waals surface area contributed by atoms with E-state index in [-0.39, 0.29) is 0 Å². The molecule has 0 saturated carbocycles. The smallest absolute Gasteiger partial charge is 0.155 e. The first-order valence-corrected chi connectivity index (χ1v) is 5.96. The molecule has 0 aliphatic carbocycles. The van der Waals surface area contributed by atoms with Crippen molar-refractivity contribution in [3.05, 3.63) is 40.9 Å². The molecular formula is C11H10BrN5. The summed E-state index contributed by atoms with van der Waals surface area (Å²) in [5.41, 5.74) is 9.14. The van der Waals surface area contributed by atoms with Gasteiger partial charge in [-0.3, -0.25) is 0 Å². The third-order valence-corrected chi connectivity index (χ3v) is 3.37. The van der Waals surface area contributed by atoms with E-state index in [1.54, 1.807) is 4.52 Å². The molecule has 0 spiro atoms. The molecule has 0 atom stereocenters. The molecule has 3 rings (SSSR count). The lowest BCUT2D eigenvalue weighted by molar-refractivity contribution is 0.909. The second kappa shape index (κ2) is 3.97. The fraction of sp³-hybridized carbons (Fsp3) is 0.0909. The third-order valence-electron chi connectivity index (χ3n) is 2.58. The zero-order valence-corrected chi connectivity index (χ0v) is 10.5. The van der Waals surface area contributed by atoms with Crippen LogP contribution < -0.4 is 5.73 Å². The molecule has 0 aliphatic rings. The Morgan fingerprint density at radius 3 is 2.94 bits per heavy atom. The van der Waals surface area contributed by atoms with Gasteiger partial charge in [0.1, 0.15) is 4.60 Å². The lowest BCUT2D eigenvalue weighted by Crippen LogP contribution is -1.98. The van der Waals surface area contributed by atoms with Gasteiger partial charge in [0, 0.05) is 24.5 Å². The van der Waals surface area contributed by atoms with Gasteiger partial charge in [-0.05, 0) is 34.1 Å². The standard InChI is InChI=1S/C11H10BrN5/c12-11-9(5-13)15-10-2-1-8(16-17(10)11)7-3-4-14-6-7/h1-4,6,14H,5,13H2. The number of hydrogen-bond donors (Lipinski definition) is 2. The normalized spacial score (nSPS) is 11.2. The molecule has 3 aromatic heterocycles. The molecule has 3 aromatic rings. The maximum Gasteiger partial charge on any atom is 0.155 e. The molecule has 3 heterocycles. The number of aromatic nitrogens is 4. The maximum absolute atomic E-state index is 5.61. The number of fused-ring (bicyclic) bond motifs is 1. The Labute approximate surface area is 106 Å². The number of H-pyrrole nitrogens is 1. The lowest BCUT2D eigenvalue weighted by atomic mass is 10.2. The average molecular weight is 292 g/mol. The Kier molecular flexibility index (Phi) is 2.45. The van der Waals surface area contributed by atoms with Gasteiger partial charge in [0.2, 0.25) is 0 Å². The van der Waals surface area contributed by atoms with Crippen molar-refractivity contribution in [1.29, 1.82) is 0 Å². The van der Waals surface area contributed by atoms with Gasteiger partial charge < -0.3 is 10.7 Å². The summed E-state index contributed by atoms with van der Waals surface area (Å²) in [4.78, 5) is 7.38. The molecule has 3 N–H and O–H groups in total. The van der Waals surface area contributed by atoms with E-state index in [4.69, 9.17) is 5.73 Å². The molecule has 0 saturated heterocycles. The number of nitrogens with two attached hydrogens (primary N) is 1. The molecule has 0 aliphatic heterocycles. The van der Waals surface area contributed by atoms with Gasteiger partial charge >= 0.3 is 0 Å². The average Bonchev–Trinajstić information content (AvgIpc) is 2.97. The van der Waals surface area contributed by atoms with Crippen molar-refractivity contribution >= 4 is 21.6 Å². The molecule has 0 fully saturated rings. The fourth-order valence-corrected chi connectivity index (χ4v) is 2.23. The Bertz CT molecular complexity index is 656. The minimum atomic E-state index is 0.392. The van der Waals surface area contributed by atoms with Gasteiger partial charge in [-0.2, -0.15) is 5.10 Å². The van der Waals surface area contributed by atoms with Crippen molar-refractivity contribution < 1.29 is 0 Å². The van der Waals surface area contributed by atoms with Crippen LogP contribution >= 0.6 is 15.9 Å². The molecule has 86 valence electrons. The Hall–Kier alpha value is -1.66. The summed E-state index contributed by atoms with van der Waals surface area (Å²) in [6.45, 7) is 0.392.